The number of nitrogens with zero attached hydrogens (tertiary/aromatic N) is 3. The minimum absolute atomic E-state index is 0.0154. The third-order valence-electron chi connectivity index (χ3n) is 6.05. The van der Waals surface area contributed by atoms with Gasteiger partial charge in [-0.15, -0.1) is 0 Å². The second-order valence-corrected chi connectivity index (χ2v) is 11.0. The van der Waals surface area contributed by atoms with Gasteiger partial charge in [-0.2, -0.15) is 9.40 Å². The number of aromatic nitrogens is 2. The van der Waals surface area contributed by atoms with Crippen molar-refractivity contribution < 1.29 is 27.1 Å². The Bertz CT molecular complexity index is 1380. The lowest BCUT2D eigenvalue weighted by Gasteiger charge is -2.18. The molecule has 0 spiro atoms. The van der Waals surface area contributed by atoms with Crippen LogP contribution in [0.4, 0.5) is 4.39 Å². The first-order valence-electron chi connectivity index (χ1n) is 11.9. The Morgan fingerprint density at radius 1 is 1.19 bits per heavy atom. The standard InChI is InChI=1S/C26H30FN3O5S/c1-5-34-26(31)13-12-23-22-11-6-19(27)14-24(22)30(28-23)25-16-29(15-18(25)4)36(32,33)21-9-7-20(8-10-21)35-17(2)3/h6-14,17-18,25H,5,15-16H2,1-4H3/t18-,25+/m1/s1. The Labute approximate surface area is 210 Å². The molecule has 2 heterocycles. The van der Waals surface area contributed by atoms with E-state index < -0.39 is 21.8 Å². The summed E-state index contributed by atoms with van der Waals surface area (Å²) in [5, 5.41) is 5.30. The van der Waals surface area contributed by atoms with Crippen molar-refractivity contribution in [2.45, 2.75) is 44.7 Å². The van der Waals surface area contributed by atoms with Crippen molar-refractivity contribution in [2.24, 2.45) is 5.92 Å². The van der Waals surface area contributed by atoms with Crippen LogP contribution in [-0.2, 0) is 19.6 Å². The van der Waals surface area contributed by atoms with Gasteiger partial charge in [0.1, 0.15) is 11.6 Å². The summed E-state index contributed by atoms with van der Waals surface area (Å²) in [7, 11) is -3.75. The third-order valence-corrected chi connectivity index (χ3v) is 7.89. The normalized spacial score (nSPS) is 18.9. The van der Waals surface area contributed by atoms with Crippen LogP contribution in [0.15, 0.2) is 53.4 Å². The molecule has 0 N–H and O–H groups in total. The van der Waals surface area contributed by atoms with E-state index in [1.807, 2.05) is 20.8 Å². The SMILES string of the molecule is CCOC(=O)C=Cc1nn([C@H]2CN(S(=O)(=O)c3ccc(OC(C)C)cc3)C[C@H]2C)c2cc(F)ccc12. The van der Waals surface area contributed by atoms with Crippen LogP contribution in [0, 0.1) is 11.7 Å². The molecule has 0 unspecified atom stereocenters. The van der Waals surface area contributed by atoms with Crippen molar-refractivity contribution in [3.63, 3.8) is 0 Å². The number of hydrogen-bond acceptors (Lipinski definition) is 6. The summed E-state index contributed by atoms with van der Waals surface area (Å²) < 4.78 is 54.6. The molecule has 3 aromatic rings. The molecule has 1 aliphatic rings. The molecule has 4 rings (SSSR count). The van der Waals surface area contributed by atoms with Crippen molar-refractivity contribution in [1.29, 1.82) is 0 Å². The Kier molecular flexibility index (Phi) is 7.46. The highest BCUT2D eigenvalue weighted by Crippen LogP contribution is 2.35. The molecular weight excluding hydrogens is 485 g/mol. The molecule has 0 bridgehead atoms. The predicted octanol–water partition coefficient (Wildman–Crippen LogP) is 4.42. The van der Waals surface area contributed by atoms with Gasteiger partial charge < -0.3 is 9.47 Å². The van der Waals surface area contributed by atoms with Gasteiger partial charge in [0, 0.05) is 24.6 Å². The fourth-order valence-corrected chi connectivity index (χ4v) is 5.94. The summed E-state index contributed by atoms with van der Waals surface area (Å²) in [5.74, 6) is -0.413. The van der Waals surface area contributed by atoms with Crippen LogP contribution in [0.25, 0.3) is 17.0 Å². The Morgan fingerprint density at radius 2 is 1.92 bits per heavy atom. The van der Waals surface area contributed by atoms with E-state index in [2.05, 4.69) is 5.10 Å². The van der Waals surface area contributed by atoms with E-state index in [4.69, 9.17) is 9.47 Å². The van der Waals surface area contributed by atoms with E-state index in [0.29, 0.717) is 28.9 Å². The van der Waals surface area contributed by atoms with E-state index in [0.717, 1.165) is 0 Å². The van der Waals surface area contributed by atoms with Crippen LogP contribution < -0.4 is 4.74 Å². The molecule has 8 nitrogen and oxygen atoms in total. The first kappa shape index (κ1) is 25.8. The summed E-state index contributed by atoms with van der Waals surface area (Å²) in [5.41, 5.74) is 1.01. The number of esters is 1. The van der Waals surface area contributed by atoms with Crippen LogP contribution in [0.5, 0.6) is 5.75 Å². The van der Waals surface area contributed by atoms with Crippen molar-refractivity contribution in [3.05, 3.63) is 60.1 Å². The first-order valence-corrected chi connectivity index (χ1v) is 13.3. The van der Waals surface area contributed by atoms with Gasteiger partial charge in [0.2, 0.25) is 10.0 Å². The van der Waals surface area contributed by atoms with E-state index in [-0.39, 0.29) is 36.1 Å². The molecule has 192 valence electrons. The number of rotatable bonds is 8. The highest BCUT2D eigenvalue weighted by Gasteiger charge is 2.39. The summed E-state index contributed by atoms with van der Waals surface area (Å²) in [4.78, 5) is 12.0. The molecule has 1 saturated heterocycles. The minimum Gasteiger partial charge on any atom is -0.491 e. The largest absolute Gasteiger partial charge is 0.491 e. The molecular formula is C26H30FN3O5S. The van der Waals surface area contributed by atoms with Gasteiger partial charge >= 0.3 is 5.97 Å². The van der Waals surface area contributed by atoms with Crippen LogP contribution in [0.3, 0.4) is 0 Å². The fraction of sp³-hybridized carbons (Fsp3) is 0.385. The Balaban J connectivity index is 1.63. The number of hydrogen-bond donors (Lipinski definition) is 0. The number of benzene rings is 2. The first-order chi connectivity index (χ1) is 17.1. The van der Waals surface area contributed by atoms with Crippen molar-refractivity contribution >= 4 is 33.0 Å². The molecule has 1 aliphatic heterocycles. The average Bonchev–Trinajstić information content (AvgIpc) is 3.38. The van der Waals surface area contributed by atoms with Crippen LogP contribution in [0.2, 0.25) is 0 Å². The lowest BCUT2D eigenvalue weighted by atomic mass is 10.1. The number of carbonyl (C=O) groups is 1. The van der Waals surface area contributed by atoms with Gasteiger partial charge in [-0.05, 0) is 75.2 Å². The van der Waals surface area contributed by atoms with Crippen molar-refractivity contribution in [2.75, 3.05) is 19.7 Å². The van der Waals surface area contributed by atoms with Gasteiger partial charge in [-0.25, -0.2) is 17.6 Å². The van der Waals surface area contributed by atoms with Gasteiger partial charge in [-0.3, -0.25) is 4.68 Å². The van der Waals surface area contributed by atoms with Gasteiger partial charge in [0.25, 0.3) is 0 Å². The summed E-state index contributed by atoms with van der Waals surface area (Å²) in [6.07, 6.45) is 2.79. The molecule has 1 aromatic heterocycles. The van der Waals surface area contributed by atoms with Gasteiger partial charge in [0.15, 0.2) is 0 Å². The maximum atomic E-state index is 14.2. The monoisotopic (exact) mass is 515 g/mol. The van der Waals surface area contributed by atoms with E-state index >= 15 is 0 Å². The van der Waals surface area contributed by atoms with Crippen LogP contribution >= 0.6 is 0 Å². The summed E-state index contributed by atoms with van der Waals surface area (Å²) in [6, 6.07) is 10.4. The average molecular weight is 516 g/mol. The second kappa shape index (κ2) is 10.4. The predicted molar refractivity (Wildman–Crippen MR) is 135 cm³/mol. The zero-order valence-corrected chi connectivity index (χ0v) is 21.5. The lowest BCUT2D eigenvalue weighted by molar-refractivity contribution is -0.137. The highest BCUT2D eigenvalue weighted by molar-refractivity contribution is 7.89. The number of ether oxygens (including phenoxy) is 2. The lowest BCUT2D eigenvalue weighted by Crippen LogP contribution is -2.29. The van der Waals surface area contributed by atoms with Crippen molar-refractivity contribution in [1.82, 2.24) is 14.1 Å². The second-order valence-electron chi connectivity index (χ2n) is 9.08. The number of sulfonamides is 1. The van der Waals surface area contributed by atoms with Crippen molar-refractivity contribution in [3.8, 4) is 5.75 Å². The molecule has 36 heavy (non-hydrogen) atoms. The molecule has 10 heteroatoms. The third kappa shape index (κ3) is 5.29. The van der Waals surface area contributed by atoms with E-state index in [1.54, 1.807) is 41.9 Å². The van der Waals surface area contributed by atoms with Gasteiger partial charge in [-0.1, -0.05) is 6.92 Å². The summed E-state index contributed by atoms with van der Waals surface area (Å²) in [6.45, 7) is 8.19. The fourth-order valence-electron chi connectivity index (χ4n) is 4.38. The maximum Gasteiger partial charge on any atom is 0.330 e. The number of carbonyl (C=O) groups excluding carboxylic acids is 1. The molecule has 0 amide bonds. The number of fused-ring (bicyclic) bond motifs is 1. The molecule has 2 aromatic carbocycles. The smallest absolute Gasteiger partial charge is 0.330 e. The van der Waals surface area contributed by atoms with Crippen LogP contribution in [0.1, 0.15) is 39.4 Å². The quantitative estimate of drug-likeness (QED) is 0.326. The highest BCUT2D eigenvalue weighted by atomic mass is 32.2. The maximum absolute atomic E-state index is 14.2. The van der Waals surface area contributed by atoms with Crippen LogP contribution in [-0.4, -0.2) is 54.3 Å². The topological polar surface area (TPSA) is 90.7 Å². The zero-order valence-electron chi connectivity index (χ0n) is 20.7. The molecule has 1 fully saturated rings. The molecule has 2 atom stereocenters. The Hall–Kier alpha value is -3.24. The van der Waals surface area contributed by atoms with E-state index in [9.17, 15) is 17.6 Å². The van der Waals surface area contributed by atoms with E-state index in [1.165, 1.54) is 28.6 Å². The molecule has 0 radical (unpaired) electrons. The Morgan fingerprint density at radius 3 is 2.58 bits per heavy atom. The molecule has 0 aliphatic carbocycles. The number of halogens is 1. The zero-order chi connectivity index (χ0) is 26.0. The molecule has 0 saturated carbocycles. The van der Waals surface area contributed by atoms with Gasteiger partial charge in [0.05, 0.1) is 34.9 Å². The summed E-state index contributed by atoms with van der Waals surface area (Å²) >= 11 is 0. The minimum atomic E-state index is -3.75.